The molecule has 49 heavy (non-hydrogen) atoms. The lowest BCUT2D eigenvalue weighted by atomic mass is 10.0. The van der Waals surface area contributed by atoms with E-state index in [4.69, 9.17) is 46.3 Å². The van der Waals surface area contributed by atoms with Crippen molar-refractivity contribution in [1.29, 1.82) is 0 Å². The van der Waals surface area contributed by atoms with Crippen LogP contribution in [0, 0.1) is 9.39 Å². The van der Waals surface area contributed by atoms with Crippen LogP contribution < -0.4 is 11.5 Å². The number of nitrogens with two attached hydrogens (primary N) is 2. The Balaban J connectivity index is 0.000000171. The summed E-state index contributed by atoms with van der Waals surface area (Å²) in [6.07, 6.45) is 0.603. The van der Waals surface area contributed by atoms with E-state index in [0.29, 0.717) is 48.2 Å². The van der Waals surface area contributed by atoms with Gasteiger partial charge in [-0.2, -0.15) is 0 Å². The molecule has 0 aliphatic carbocycles. The maximum Gasteiger partial charge on any atom is 0.240 e. The van der Waals surface area contributed by atoms with E-state index < -0.39 is 17.9 Å². The molecule has 6 nitrogen and oxygen atoms in total. The molecule has 0 spiro atoms. The Morgan fingerprint density at radius 3 is 1.69 bits per heavy atom. The highest BCUT2D eigenvalue weighted by molar-refractivity contribution is 14.1. The standard InChI is InChI=1S/C21H18ClIN2O.C17H15Cl2FN2O/c22-20-16-8-4-3-5-13(16)9-18(23)17(20)10-19(24)21(26)25-11-14-6-1-2-7-15(14)12-25;18-13-7-14(19)15(20)5-12(13)6-16(21)17(23)22-8-10-3-1-2-4-11(10)9-22/h1-9,19H,10-12,24H2;1-5,7,16H,6,8-9,21H2. The molecule has 0 saturated carbocycles. The fourth-order valence-electron chi connectivity index (χ4n) is 6.30. The van der Waals surface area contributed by atoms with Crippen molar-refractivity contribution in [2.45, 2.75) is 51.1 Å². The van der Waals surface area contributed by atoms with Gasteiger partial charge in [-0.3, -0.25) is 9.59 Å². The van der Waals surface area contributed by atoms with E-state index in [1.54, 1.807) is 4.90 Å². The zero-order valence-corrected chi connectivity index (χ0v) is 30.7. The zero-order valence-electron chi connectivity index (χ0n) is 26.3. The summed E-state index contributed by atoms with van der Waals surface area (Å²) in [7, 11) is 0. The van der Waals surface area contributed by atoms with Crippen molar-refractivity contribution < 1.29 is 14.0 Å². The van der Waals surface area contributed by atoms with Gasteiger partial charge in [-0.25, -0.2) is 4.39 Å². The van der Waals surface area contributed by atoms with Gasteiger partial charge in [0.1, 0.15) is 5.82 Å². The molecule has 2 aliphatic heterocycles. The van der Waals surface area contributed by atoms with E-state index in [9.17, 15) is 14.0 Å². The molecule has 0 bridgehead atoms. The van der Waals surface area contributed by atoms with Crippen LogP contribution >= 0.6 is 57.4 Å². The molecule has 4 N–H and O–H groups in total. The Morgan fingerprint density at radius 2 is 1.16 bits per heavy atom. The lowest BCUT2D eigenvalue weighted by molar-refractivity contribution is -0.133. The van der Waals surface area contributed by atoms with Gasteiger partial charge in [0.2, 0.25) is 11.8 Å². The van der Waals surface area contributed by atoms with Crippen molar-refractivity contribution in [3.8, 4) is 0 Å². The number of amides is 2. The predicted octanol–water partition coefficient (Wildman–Crippen LogP) is 8.05. The Morgan fingerprint density at radius 1 is 0.694 bits per heavy atom. The first-order valence-corrected chi connectivity index (χ1v) is 17.9. The molecule has 2 aliphatic rings. The summed E-state index contributed by atoms with van der Waals surface area (Å²) in [4.78, 5) is 28.9. The maximum absolute atomic E-state index is 13.6. The van der Waals surface area contributed by atoms with Crippen LogP contribution in [-0.4, -0.2) is 33.7 Å². The molecule has 5 aromatic rings. The first-order chi connectivity index (χ1) is 23.5. The zero-order chi connectivity index (χ0) is 34.8. The third-order valence-electron chi connectivity index (χ3n) is 8.93. The number of carbonyl (C=O) groups is 2. The number of hydrogen-bond acceptors (Lipinski definition) is 4. The summed E-state index contributed by atoms with van der Waals surface area (Å²) in [5.74, 6) is -0.770. The summed E-state index contributed by atoms with van der Waals surface area (Å²) in [6, 6.07) is 27.3. The number of halogens is 5. The highest BCUT2D eigenvalue weighted by Gasteiger charge is 2.29. The second-order valence-corrected chi connectivity index (χ2v) is 14.6. The van der Waals surface area contributed by atoms with Crippen molar-refractivity contribution >= 4 is 80.0 Å². The van der Waals surface area contributed by atoms with E-state index in [0.717, 1.165) is 31.0 Å². The van der Waals surface area contributed by atoms with Crippen LogP contribution in [0.15, 0.2) is 91.0 Å². The molecule has 11 heteroatoms. The lowest BCUT2D eigenvalue weighted by Crippen LogP contribution is -2.42. The Labute approximate surface area is 313 Å². The minimum atomic E-state index is -0.776. The molecule has 0 aromatic heterocycles. The van der Waals surface area contributed by atoms with Crippen LogP contribution in [0.4, 0.5) is 4.39 Å². The number of fused-ring (bicyclic) bond motifs is 3. The second-order valence-electron chi connectivity index (χ2n) is 12.3. The number of benzene rings is 5. The SMILES string of the molecule is NC(Cc1c(I)cc2ccccc2c1Cl)C(=O)N1Cc2ccccc2C1.NC(Cc1cc(F)c(Cl)cc1Cl)C(=O)N1Cc2ccccc2C1. The van der Waals surface area contributed by atoms with E-state index in [1.807, 2.05) is 65.6 Å². The van der Waals surface area contributed by atoms with Crippen molar-refractivity contribution in [1.82, 2.24) is 9.80 Å². The van der Waals surface area contributed by atoms with Crippen molar-refractivity contribution in [3.63, 3.8) is 0 Å². The molecule has 5 aromatic carbocycles. The molecular formula is C38H33Cl3FIN4O2. The summed E-state index contributed by atoms with van der Waals surface area (Å²) in [5.41, 5.74) is 18.4. The first-order valence-electron chi connectivity index (χ1n) is 15.7. The third-order valence-corrected chi connectivity index (χ3v) is 11.0. The van der Waals surface area contributed by atoms with Crippen LogP contribution in [0.5, 0.6) is 0 Å². The molecule has 2 amide bonds. The average molecular weight is 830 g/mol. The first kappa shape index (κ1) is 35.6. The van der Waals surface area contributed by atoms with Gasteiger partial charge < -0.3 is 21.3 Å². The van der Waals surface area contributed by atoms with Crippen molar-refractivity contribution in [2.24, 2.45) is 11.5 Å². The van der Waals surface area contributed by atoms with Gasteiger partial charge in [0.25, 0.3) is 0 Å². The van der Waals surface area contributed by atoms with E-state index in [2.05, 4.69) is 40.8 Å². The summed E-state index contributed by atoms with van der Waals surface area (Å²) in [6.45, 7) is 2.35. The summed E-state index contributed by atoms with van der Waals surface area (Å²) in [5, 5.41) is 3.05. The molecular weight excluding hydrogens is 797 g/mol. The van der Waals surface area contributed by atoms with Crippen molar-refractivity contribution in [2.75, 3.05) is 0 Å². The molecule has 0 saturated heterocycles. The highest BCUT2D eigenvalue weighted by atomic mass is 127. The van der Waals surface area contributed by atoms with Crippen LogP contribution in [0.25, 0.3) is 10.8 Å². The molecule has 2 unspecified atom stereocenters. The minimum absolute atomic E-state index is 0.0266. The Kier molecular flexibility index (Phi) is 11.1. The van der Waals surface area contributed by atoms with E-state index in [-0.39, 0.29) is 23.3 Å². The van der Waals surface area contributed by atoms with Gasteiger partial charge in [0.15, 0.2) is 0 Å². The number of hydrogen-bond donors (Lipinski definition) is 2. The van der Waals surface area contributed by atoms with Gasteiger partial charge in [-0.05, 0) is 92.4 Å². The van der Waals surface area contributed by atoms with Crippen LogP contribution in [0.2, 0.25) is 15.1 Å². The van der Waals surface area contributed by atoms with Crippen molar-refractivity contribution in [3.05, 3.63) is 149 Å². The van der Waals surface area contributed by atoms with Crippen LogP contribution in [0.3, 0.4) is 0 Å². The molecule has 252 valence electrons. The van der Waals surface area contributed by atoms with Gasteiger partial charge in [0.05, 0.1) is 22.1 Å². The van der Waals surface area contributed by atoms with Gasteiger partial charge in [-0.1, -0.05) is 108 Å². The minimum Gasteiger partial charge on any atom is -0.333 e. The number of carbonyl (C=O) groups excluding carboxylic acids is 2. The smallest absolute Gasteiger partial charge is 0.240 e. The number of rotatable bonds is 6. The normalized spacial score (nSPS) is 14.6. The topological polar surface area (TPSA) is 92.7 Å². The van der Waals surface area contributed by atoms with E-state index >= 15 is 0 Å². The third kappa shape index (κ3) is 7.90. The highest BCUT2D eigenvalue weighted by Crippen LogP contribution is 2.33. The Bertz CT molecular complexity index is 2010. The largest absolute Gasteiger partial charge is 0.333 e. The lowest BCUT2D eigenvalue weighted by Gasteiger charge is -2.21. The molecule has 7 rings (SSSR count). The average Bonchev–Trinajstić information content (AvgIpc) is 3.73. The van der Waals surface area contributed by atoms with Gasteiger partial charge in [0, 0.05) is 40.2 Å². The molecule has 2 heterocycles. The maximum atomic E-state index is 13.6. The molecule has 2 atom stereocenters. The summed E-state index contributed by atoms with van der Waals surface area (Å²) >= 11 is 20.6. The number of nitrogens with zero attached hydrogens (tertiary/aromatic N) is 2. The predicted molar refractivity (Wildman–Crippen MR) is 203 cm³/mol. The van der Waals surface area contributed by atoms with E-state index in [1.165, 1.54) is 23.3 Å². The molecule has 0 radical (unpaired) electrons. The van der Waals surface area contributed by atoms with Gasteiger partial charge >= 0.3 is 0 Å². The quantitative estimate of drug-likeness (QED) is 0.134. The van der Waals surface area contributed by atoms with Crippen LogP contribution in [-0.2, 0) is 48.6 Å². The van der Waals surface area contributed by atoms with Crippen LogP contribution in [0.1, 0.15) is 33.4 Å². The Hall–Kier alpha value is -3.25. The second kappa shape index (κ2) is 15.3. The molecule has 0 fully saturated rings. The monoisotopic (exact) mass is 828 g/mol. The van der Waals surface area contributed by atoms with Gasteiger partial charge in [-0.15, -0.1) is 0 Å². The summed E-state index contributed by atoms with van der Waals surface area (Å²) < 4.78 is 14.6. The fraction of sp³-hybridized carbons (Fsp3) is 0.211. The fourth-order valence-corrected chi connectivity index (χ4v) is 8.10.